The molecule has 10 N–H and O–H groups in total. The number of carboxylic acid groups (broad SMARTS) is 8. The molecule has 6 aromatic rings. The van der Waals surface area contributed by atoms with E-state index in [1.54, 1.807) is 82.5 Å². The van der Waals surface area contributed by atoms with Gasteiger partial charge in [0.05, 0.1) is 13.1 Å². The number of carbonyl (C=O) groups excluding carboxylic acids is 4. The van der Waals surface area contributed by atoms with Crippen molar-refractivity contribution in [3.05, 3.63) is 152 Å². The predicted molar refractivity (Wildman–Crippen MR) is 334 cm³/mol. The minimum atomic E-state index is -2.52. The van der Waals surface area contributed by atoms with E-state index in [1.165, 1.54) is 33.9 Å². The molecule has 46 heteroatoms. The number of nitrogens with zero attached hydrogens (tertiary/aromatic N) is 14. The maximum atomic E-state index is 13.1. The van der Waals surface area contributed by atoms with Crippen LogP contribution in [0.3, 0.4) is 0 Å². The zero-order chi connectivity index (χ0) is 77.7. The number of hydrogen-bond donors (Lipinski definition) is 10. The van der Waals surface area contributed by atoms with Gasteiger partial charge in [-0.1, -0.05) is 24.3 Å². The average Bonchev–Trinajstić information content (AvgIpc) is 1.54. The Bertz CT molecular complexity index is 3950. The number of carbonyl (C=O) groups is 12. The fourth-order valence-electron chi connectivity index (χ4n) is 11.0. The van der Waals surface area contributed by atoms with Gasteiger partial charge in [0.15, 0.2) is 26.2 Å². The van der Waals surface area contributed by atoms with Crippen molar-refractivity contribution in [3.8, 4) is 0 Å². The van der Waals surface area contributed by atoms with Crippen LogP contribution in [0, 0.1) is 20.0 Å². The summed E-state index contributed by atoms with van der Waals surface area (Å²) in [6.07, 6.45) is 12.4. The van der Waals surface area contributed by atoms with Crippen LogP contribution in [0.25, 0.3) is 0 Å². The van der Waals surface area contributed by atoms with E-state index >= 15 is 0 Å². The number of carboxylic acids is 8. The quantitative estimate of drug-likeness (QED) is 0.00578. The van der Waals surface area contributed by atoms with Crippen molar-refractivity contribution >= 4 is 105 Å². The summed E-state index contributed by atoms with van der Waals surface area (Å²) in [6, 6.07) is 13.3. The predicted octanol–water partition coefficient (Wildman–Crippen LogP) is -4.47. The number of fused-ring (bicyclic) bond motifs is 5. The second-order valence-corrected chi connectivity index (χ2v) is 23.5. The van der Waals surface area contributed by atoms with Gasteiger partial charge in [0.1, 0.15) is 108 Å². The Morgan fingerprint density at radius 2 is 0.800 bits per heavy atom. The number of hydrogen-bond acceptors (Lipinski definition) is 19. The molecular weight excluding hydrogens is 1620 g/mol. The average molecular weight is 1680 g/mol. The Labute approximate surface area is 611 Å². The number of aromatic nitrogens is 8. The van der Waals surface area contributed by atoms with E-state index in [2.05, 4.69) is 39.4 Å². The Balaban J connectivity index is 0.000000505. The Morgan fingerprint density at radius 3 is 1.10 bits per heavy atom. The summed E-state index contributed by atoms with van der Waals surface area (Å²) in [7, 11) is 0. The van der Waals surface area contributed by atoms with Crippen LogP contribution in [-0.4, -0.2) is 246 Å². The normalized spacial score (nSPS) is 13.7. The minimum absolute atomic E-state index is 0. The largest absolute Gasteiger partial charge is 0 e. The Morgan fingerprint density at radius 1 is 0.495 bits per heavy atom. The monoisotopic (exact) mass is 1680 g/mol. The van der Waals surface area contributed by atoms with Crippen LogP contribution in [0.2, 0.25) is 0 Å². The van der Waals surface area contributed by atoms with Gasteiger partial charge in [0.25, 0.3) is 11.8 Å². The molecule has 2 aromatic carbocycles. The van der Waals surface area contributed by atoms with Gasteiger partial charge in [-0.15, -0.1) is 9.13 Å². The number of quaternary nitrogens is 1. The molecule has 4 amide bonds. The fourth-order valence-corrected chi connectivity index (χ4v) is 11.7. The van der Waals surface area contributed by atoms with Crippen molar-refractivity contribution in [2.75, 3.05) is 68.3 Å². The van der Waals surface area contributed by atoms with Gasteiger partial charge in [-0.3, -0.25) is 70.9 Å². The Kier molecular flexibility index (Phi) is 35.3. The molecule has 4 aromatic heterocycles. The van der Waals surface area contributed by atoms with Gasteiger partial charge in [-0.25, -0.2) is 23.6 Å². The standard InChI is InChI=1S/C28H30N8O12S.C28H34N8O12S.3CO.Re/c37-22(32(11-24(39)40)12-25(41)42)9-30-5-7-34-20(30)16-36(15-18-1-3-19(4-2-18)29-49(47)48)17-21-31(6-8-35(21)28(34)36)10-23(38)33(13-26(43)44)14-27(45)46;37-23(35(15-25(39)40)16-26(41)42)13-33-9-6-29-21(33)11-32(8-5-19-1-3-20(4-2-19)31-49(47)48)12-22-30-7-10-34(22)14-24(38)36(17-27(43)44)18-28(45)46;3*1-2;/h1-8,28-29H,9-17H2,(H2-3,39,40,41,42,43,44,45,46,47,48);1-4,6-7,9-10,31H,5,8,11-18H2,(H,39,40)(H,41,42)(H,43,44)(H,45,46)(H,47,48);;;;/p+1. The van der Waals surface area contributed by atoms with Crippen molar-refractivity contribution in [2.45, 2.75) is 71.6 Å². The topological polar surface area (TPSA) is 600 Å². The van der Waals surface area contributed by atoms with E-state index in [0.717, 1.165) is 20.9 Å². The second-order valence-electron chi connectivity index (χ2n) is 22.2. The number of aliphatic carboxylic acids is 8. The Hall–Kier alpha value is -11.5. The molecule has 6 heterocycles. The van der Waals surface area contributed by atoms with Gasteiger partial charge in [0, 0.05) is 91.2 Å². The van der Waals surface area contributed by atoms with Crippen LogP contribution in [0.15, 0.2) is 98.1 Å². The summed E-state index contributed by atoms with van der Waals surface area (Å²) in [4.78, 5) is 155. The third-order valence-electron chi connectivity index (χ3n) is 15.1. The van der Waals surface area contributed by atoms with E-state index in [4.69, 9.17) is 34.4 Å². The van der Waals surface area contributed by atoms with Gasteiger partial charge >= 0.3 is 99.6 Å². The first kappa shape index (κ1) is 87.8. The number of nitrogens with one attached hydrogen (secondary N) is 2. The molecule has 0 spiro atoms. The summed E-state index contributed by atoms with van der Waals surface area (Å²) in [5.41, 5.74) is 2.34. The maximum absolute atomic E-state index is 13.1. The van der Waals surface area contributed by atoms with Crippen LogP contribution < -0.4 is 18.6 Å². The molecule has 0 fully saturated rings. The molecule has 0 saturated carbocycles. The molecule has 0 bridgehead atoms. The smallest absolute Gasteiger partial charge is 0 e. The van der Waals surface area contributed by atoms with Crippen molar-refractivity contribution < 1.29 is 164 Å². The van der Waals surface area contributed by atoms with Gasteiger partial charge in [-0.2, -0.15) is 0 Å². The van der Waals surface area contributed by atoms with Gasteiger partial charge in [-0.05, 0) is 36.2 Å². The molecule has 561 valence electrons. The van der Waals surface area contributed by atoms with E-state index in [-0.39, 0.29) is 51.1 Å². The van der Waals surface area contributed by atoms with Crippen LogP contribution >= 0.6 is 0 Å². The first-order valence-electron chi connectivity index (χ1n) is 29.5. The van der Waals surface area contributed by atoms with Crippen molar-refractivity contribution in [2.24, 2.45) is 0 Å². The summed E-state index contributed by atoms with van der Waals surface area (Å²) >= 11 is -5.02. The van der Waals surface area contributed by atoms with Crippen LogP contribution in [0.5, 0.6) is 0 Å². The SMILES string of the molecule is O=C(O)CN(CC(=O)O)C(=O)C[n+]1ccn2c1C[N+]1(Cc3ccc(NS(=O)[O-])cc3)Cc3n(cc[n+]3CC(=O)N(CC(=O)O)CC(=O)O)C21.O=C(O)CN(CC(=O)O)C(=O)Cn1ccnc1CN(CCc1ccc(NS(=O)[O-])cc1)Cc1nccn1CC(=O)N(CC(=O)O)CC(=O)O.[C-]#[O+].[C-]#[O+].[C-]#[O+].[Re]. The maximum Gasteiger partial charge on any atom is 0 e. The third kappa shape index (κ3) is 26.7. The first-order chi connectivity index (χ1) is 49.3. The van der Waals surface area contributed by atoms with Crippen molar-refractivity contribution in [1.82, 2.24) is 52.7 Å². The molecule has 105 heavy (non-hydrogen) atoms. The molecule has 2 atom stereocenters. The molecule has 8 rings (SSSR count). The van der Waals surface area contributed by atoms with Crippen LogP contribution in [0.4, 0.5) is 11.4 Å². The molecule has 1 radical (unpaired) electrons. The number of anilines is 2. The minimum Gasteiger partial charge on any atom is 0 e. The molecule has 0 saturated heterocycles. The van der Waals surface area contributed by atoms with Gasteiger partial charge < -0.3 is 88.1 Å². The molecule has 2 unspecified atom stereocenters. The zero-order valence-electron chi connectivity index (χ0n) is 54.5. The number of rotatable bonds is 37. The number of benzene rings is 2. The first-order valence-corrected chi connectivity index (χ1v) is 31.6. The van der Waals surface area contributed by atoms with E-state index in [0.29, 0.717) is 77.1 Å². The summed E-state index contributed by atoms with van der Waals surface area (Å²) in [6.45, 7) is 7.04. The third-order valence-corrected chi connectivity index (χ3v) is 15.9. The summed E-state index contributed by atoms with van der Waals surface area (Å²) in [5.74, 6) is -12.0. The van der Waals surface area contributed by atoms with Crippen molar-refractivity contribution in [1.29, 1.82) is 0 Å². The van der Waals surface area contributed by atoms with Crippen LogP contribution in [-0.2, 0) is 180 Å². The molecule has 0 aliphatic carbocycles. The number of amides is 4. The number of imidazole rings is 4. The van der Waals surface area contributed by atoms with E-state index in [9.17, 15) is 95.5 Å². The second kappa shape index (κ2) is 42.2. The van der Waals surface area contributed by atoms with Crippen molar-refractivity contribution in [3.63, 3.8) is 0 Å². The zero-order valence-corrected chi connectivity index (χ0v) is 58.9. The molecule has 2 aliphatic rings. The summed E-state index contributed by atoms with van der Waals surface area (Å²) in [5, 5.41) is 73.4. The van der Waals surface area contributed by atoms with E-state index in [1.807, 2.05) is 14.0 Å². The van der Waals surface area contributed by atoms with Crippen LogP contribution in [0.1, 0.15) is 40.7 Å². The summed E-state index contributed by atoms with van der Waals surface area (Å²) < 4.78 is 81.3. The van der Waals surface area contributed by atoms with Gasteiger partial charge in [0.2, 0.25) is 11.8 Å². The molecule has 43 nitrogen and oxygen atoms in total. The van der Waals surface area contributed by atoms with E-state index < -0.39 is 166 Å². The molecule has 2 aliphatic heterocycles. The fraction of sp³-hybridized carbons (Fsp3) is 0.339. The molecular formula is C59H65N16O27ReS2+.